The Hall–Kier alpha value is -3.22. The zero-order chi connectivity index (χ0) is 15.6. The monoisotopic (exact) mass is 309 g/mol. The van der Waals surface area contributed by atoms with E-state index in [2.05, 4.69) is 25.5 Å². The van der Waals surface area contributed by atoms with E-state index in [4.69, 9.17) is 4.42 Å². The van der Waals surface area contributed by atoms with Gasteiger partial charge in [-0.1, -0.05) is 17.2 Å². The van der Waals surface area contributed by atoms with Crippen LogP contribution in [-0.4, -0.2) is 20.2 Å². The van der Waals surface area contributed by atoms with Gasteiger partial charge in [0.05, 0.1) is 17.4 Å². The van der Waals surface area contributed by atoms with E-state index in [1.807, 2.05) is 18.2 Å². The number of nitrogens with zero attached hydrogens (tertiary/aromatic N) is 3. The normalized spacial score (nSPS) is 11.0. The number of rotatable bonds is 4. The molecule has 0 radical (unpaired) electrons. The Labute approximate surface area is 130 Å². The smallest absolute Gasteiger partial charge is 0.316 e. The molecule has 6 nitrogen and oxygen atoms in total. The van der Waals surface area contributed by atoms with Gasteiger partial charge in [-0.15, -0.1) is 5.10 Å². The number of benzene rings is 2. The lowest BCUT2D eigenvalue weighted by Crippen LogP contribution is -1.99. The molecule has 4 rings (SSSR count). The maximum absolute atomic E-state index is 12.9. The highest BCUT2D eigenvalue weighted by Crippen LogP contribution is 2.23. The molecule has 0 saturated heterocycles. The van der Waals surface area contributed by atoms with Crippen molar-refractivity contribution in [2.75, 3.05) is 5.32 Å². The highest BCUT2D eigenvalue weighted by molar-refractivity contribution is 5.79. The molecule has 2 aromatic carbocycles. The van der Waals surface area contributed by atoms with Crippen molar-refractivity contribution < 1.29 is 8.81 Å². The maximum Gasteiger partial charge on any atom is 0.316 e. The molecule has 0 aliphatic carbocycles. The van der Waals surface area contributed by atoms with Crippen LogP contribution in [0.5, 0.6) is 0 Å². The minimum absolute atomic E-state index is 0.261. The summed E-state index contributed by atoms with van der Waals surface area (Å²) in [5.74, 6) is 0.158. The summed E-state index contributed by atoms with van der Waals surface area (Å²) in [5, 5.41) is 11.0. The SMILES string of the molecule is Fc1ccc(CNc2nnc(-c3ccc4nc[nH]c4c3)o2)cc1. The number of hydrogen-bond acceptors (Lipinski definition) is 5. The quantitative estimate of drug-likeness (QED) is 0.604. The lowest BCUT2D eigenvalue weighted by atomic mass is 10.2. The van der Waals surface area contributed by atoms with Gasteiger partial charge in [-0.3, -0.25) is 0 Å². The average Bonchev–Trinajstić information content (AvgIpc) is 3.22. The predicted molar refractivity (Wildman–Crippen MR) is 83.1 cm³/mol. The van der Waals surface area contributed by atoms with Gasteiger partial charge in [-0.2, -0.15) is 0 Å². The fourth-order valence-electron chi connectivity index (χ4n) is 2.26. The molecule has 4 aromatic rings. The van der Waals surface area contributed by atoms with Crippen molar-refractivity contribution in [1.29, 1.82) is 0 Å². The topological polar surface area (TPSA) is 79.6 Å². The minimum atomic E-state index is -0.261. The Balaban J connectivity index is 1.50. The van der Waals surface area contributed by atoms with Crippen LogP contribution < -0.4 is 5.32 Å². The van der Waals surface area contributed by atoms with E-state index in [-0.39, 0.29) is 5.82 Å². The van der Waals surface area contributed by atoms with Gasteiger partial charge in [0.2, 0.25) is 5.89 Å². The molecule has 2 N–H and O–H groups in total. The Morgan fingerprint density at radius 3 is 2.83 bits per heavy atom. The van der Waals surface area contributed by atoms with Crippen LogP contribution in [-0.2, 0) is 6.54 Å². The standard InChI is InChI=1S/C16H12FN5O/c17-12-4-1-10(2-5-12)8-18-16-22-21-15(23-16)11-3-6-13-14(7-11)20-9-19-13/h1-7,9H,8H2,(H,18,22)(H,19,20). The second kappa shape index (κ2) is 5.53. The molecule has 7 heteroatoms. The molecule has 114 valence electrons. The second-order valence-corrected chi connectivity index (χ2v) is 5.03. The molecule has 0 spiro atoms. The van der Waals surface area contributed by atoms with Gasteiger partial charge in [-0.05, 0) is 35.9 Å². The van der Waals surface area contributed by atoms with E-state index >= 15 is 0 Å². The van der Waals surface area contributed by atoms with Crippen molar-refractivity contribution in [3.05, 3.63) is 60.2 Å². The van der Waals surface area contributed by atoms with Crippen LogP contribution in [0.2, 0.25) is 0 Å². The summed E-state index contributed by atoms with van der Waals surface area (Å²) in [7, 11) is 0. The first-order valence-electron chi connectivity index (χ1n) is 7.03. The lowest BCUT2D eigenvalue weighted by molar-refractivity contribution is 0.581. The third-order valence-corrected chi connectivity index (χ3v) is 3.45. The first-order valence-corrected chi connectivity index (χ1v) is 7.03. The Morgan fingerprint density at radius 1 is 1.09 bits per heavy atom. The van der Waals surface area contributed by atoms with Crippen LogP contribution in [0, 0.1) is 5.82 Å². The molecular weight excluding hydrogens is 297 g/mol. The first kappa shape index (κ1) is 13.4. The van der Waals surface area contributed by atoms with Crippen LogP contribution in [0.3, 0.4) is 0 Å². The summed E-state index contributed by atoms with van der Waals surface area (Å²) >= 11 is 0. The number of fused-ring (bicyclic) bond motifs is 1. The molecule has 0 bridgehead atoms. The van der Waals surface area contributed by atoms with Crippen molar-refractivity contribution in [2.24, 2.45) is 0 Å². The third-order valence-electron chi connectivity index (χ3n) is 3.45. The van der Waals surface area contributed by atoms with Crippen LogP contribution in [0.4, 0.5) is 10.4 Å². The molecular formula is C16H12FN5O. The molecule has 2 aromatic heterocycles. The van der Waals surface area contributed by atoms with Gasteiger partial charge in [0.25, 0.3) is 0 Å². The summed E-state index contributed by atoms with van der Waals surface area (Å²) in [6.07, 6.45) is 1.64. The molecule has 0 aliphatic heterocycles. The number of aromatic amines is 1. The van der Waals surface area contributed by atoms with E-state index in [9.17, 15) is 4.39 Å². The lowest BCUT2D eigenvalue weighted by Gasteiger charge is -2.01. The third kappa shape index (κ3) is 2.76. The van der Waals surface area contributed by atoms with Crippen LogP contribution in [0.15, 0.2) is 53.2 Å². The Kier molecular flexibility index (Phi) is 3.23. The molecule has 0 atom stereocenters. The van der Waals surface area contributed by atoms with Crippen molar-refractivity contribution in [3.63, 3.8) is 0 Å². The van der Waals surface area contributed by atoms with Gasteiger partial charge in [-0.25, -0.2) is 9.37 Å². The molecule has 0 amide bonds. The summed E-state index contributed by atoms with van der Waals surface area (Å²) in [6.45, 7) is 0.474. The van der Waals surface area contributed by atoms with Gasteiger partial charge in [0.1, 0.15) is 5.82 Å². The summed E-state index contributed by atoms with van der Waals surface area (Å²) < 4.78 is 18.5. The van der Waals surface area contributed by atoms with Crippen LogP contribution in [0.25, 0.3) is 22.5 Å². The van der Waals surface area contributed by atoms with Gasteiger partial charge < -0.3 is 14.7 Å². The van der Waals surface area contributed by atoms with E-state index < -0.39 is 0 Å². The predicted octanol–water partition coefficient (Wildman–Crippen LogP) is 3.36. The Morgan fingerprint density at radius 2 is 1.96 bits per heavy atom. The number of halogens is 1. The van der Waals surface area contributed by atoms with Crippen LogP contribution >= 0.6 is 0 Å². The number of nitrogens with one attached hydrogen (secondary N) is 2. The highest BCUT2D eigenvalue weighted by atomic mass is 19.1. The van der Waals surface area contributed by atoms with Crippen LogP contribution in [0.1, 0.15) is 5.56 Å². The van der Waals surface area contributed by atoms with Crippen molar-refractivity contribution >= 4 is 17.0 Å². The van der Waals surface area contributed by atoms with Crippen molar-refractivity contribution in [3.8, 4) is 11.5 Å². The minimum Gasteiger partial charge on any atom is -0.403 e. The molecule has 0 aliphatic rings. The number of aromatic nitrogens is 4. The number of anilines is 1. The number of imidazole rings is 1. The number of hydrogen-bond donors (Lipinski definition) is 2. The van der Waals surface area contributed by atoms with Crippen molar-refractivity contribution in [2.45, 2.75) is 6.54 Å². The summed E-state index contributed by atoms with van der Waals surface area (Å²) in [5.41, 5.74) is 3.51. The molecule has 0 saturated carbocycles. The van der Waals surface area contributed by atoms with E-state index in [0.29, 0.717) is 18.5 Å². The van der Waals surface area contributed by atoms with Gasteiger partial charge in [0.15, 0.2) is 0 Å². The Bertz CT molecular complexity index is 944. The number of H-pyrrole nitrogens is 1. The first-order chi connectivity index (χ1) is 11.3. The highest BCUT2D eigenvalue weighted by Gasteiger charge is 2.09. The molecule has 2 heterocycles. The average molecular weight is 309 g/mol. The molecule has 23 heavy (non-hydrogen) atoms. The van der Waals surface area contributed by atoms with E-state index in [1.54, 1.807) is 18.5 Å². The maximum atomic E-state index is 12.9. The second-order valence-electron chi connectivity index (χ2n) is 5.03. The largest absolute Gasteiger partial charge is 0.403 e. The molecule has 0 unspecified atom stereocenters. The van der Waals surface area contributed by atoms with Gasteiger partial charge >= 0.3 is 6.01 Å². The zero-order valence-electron chi connectivity index (χ0n) is 12.0. The van der Waals surface area contributed by atoms with Crippen molar-refractivity contribution in [1.82, 2.24) is 20.2 Å². The zero-order valence-corrected chi connectivity index (χ0v) is 12.0. The summed E-state index contributed by atoms with van der Waals surface area (Å²) in [6, 6.07) is 12.2. The molecule has 0 fully saturated rings. The van der Waals surface area contributed by atoms with Gasteiger partial charge in [0, 0.05) is 12.1 Å². The van der Waals surface area contributed by atoms with E-state index in [0.717, 1.165) is 22.2 Å². The fraction of sp³-hybridized carbons (Fsp3) is 0.0625. The summed E-state index contributed by atoms with van der Waals surface area (Å²) in [4.78, 5) is 7.21. The fourth-order valence-corrected chi connectivity index (χ4v) is 2.26. The van der Waals surface area contributed by atoms with E-state index in [1.165, 1.54) is 12.1 Å².